The van der Waals surface area contributed by atoms with Gasteiger partial charge in [-0.05, 0) is 43.0 Å². The van der Waals surface area contributed by atoms with Crippen molar-refractivity contribution in [2.45, 2.75) is 32.7 Å². The molecule has 2 rings (SSSR count). The quantitative estimate of drug-likeness (QED) is 0.874. The molecule has 2 nitrogen and oxygen atoms in total. The highest BCUT2D eigenvalue weighted by atomic mass is 16.5. The zero-order chi connectivity index (χ0) is 13.7. The van der Waals surface area contributed by atoms with E-state index in [4.69, 9.17) is 10.5 Å². The molecule has 0 aliphatic carbocycles. The van der Waals surface area contributed by atoms with Gasteiger partial charge in [0.1, 0.15) is 11.5 Å². The Kier molecular flexibility index (Phi) is 4.58. The fourth-order valence-corrected chi connectivity index (χ4v) is 1.99. The summed E-state index contributed by atoms with van der Waals surface area (Å²) in [6, 6.07) is 16.3. The third-order valence-electron chi connectivity index (χ3n) is 3.29. The smallest absolute Gasteiger partial charge is 0.130 e. The molecule has 0 amide bonds. The summed E-state index contributed by atoms with van der Waals surface area (Å²) in [6.45, 7) is 4.16. The van der Waals surface area contributed by atoms with Gasteiger partial charge < -0.3 is 10.5 Å². The van der Waals surface area contributed by atoms with Crippen LogP contribution in [0.25, 0.3) is 0 Å². The van der Waals surface area contributed by atoms with Gasteiger partial charge >= 0.3 is 0 Å². The van der Waals surface area contributed by atoms with Crippen LogP contribution in [0.2, 0.25) is 0 Å². The molecule has 0 saturated heterocycles. The second-order valence-corrected chi connectivity index (χ2v) is 4.85. The zero-order valence-electron chi connectivity index (χ0n) is 11.6. The SMILES string of the molecule is CCC(N)Cc1ccccc1Oc1ccccc1C. The van der Waals surface area contributed by atoms with Crippen molar-refractivity contribution in [1.29, 1.82) is 0 Å². The molecule has 0 fully saturated rings. The molecule has 2 aromatic rings. The molecule has 0 bridgehead atoms. The van der Waals surface area contributed by atoms with E-state index in [1.54, 1.807) is 0 Å². The molecule has 2 aromatic carbocycles. The summed E-state index contributed by atoms with van der Waals surface area (Å²) in [4.78, 5) is 0. The van der Waals surface area contributed by atoms with Gasteiger partial charge in [-0.15, -0.1) is 0 Å². The highest BCUT2D eigenvalue weighted by Crippen LogP contribution is 2.28. The summed E-state index contributed by atoms with van der Waals surface area (Å²) >= 11 is 0. The maximum atomic E-state index is 6.04. The summed E-state index contributed by atoms with van der Waals surface area (Å²) < 4.78 is 6.03. The van der Waals surface area contributed by atoms with E-state index >= 15 is 0 Å². The average molecular weight is 255 g/mol. The fraction of sp³-hybridized carbons (Fsp3) is 0.294. The normalized spacial score (nSPS) is 12.2. The molecule has 19 heavy (non-hydrogen) atoms. The first-order chi connectivity index (χ1) is 9.20. The summed E-state index contributed by atoms with van der Waals surface area (Å²) in [5.74, 6) is 1.81. The minimum atomic E-state index is 0.182. The van der Waals surface area contributed by atoms with E-state index in [1.165, 1.54) is 5.56 Å². The van der Waals surface area contributed by atoms with E-state index in [9.17, 15) is 0 Å². The molecule has 0 aliphatic rings. The van der Waals surface area contributed by atoms with Crippen LogP contribution in [0.1, 0.15) is 24.5 Å². The Bertz CT molecular complexity index is 536. The lowest BCUT2D eigenvalue weighted by atomic mass is 10.0. The van der Waals surface area contributed by atoms with Crippen LogP contribution in [0, 0.1) is 6.92 Å². The molecular weight excluding hydrogens is 234 g/mol. The van der Waals surface area contributed by atoms with Crippen LogP contribution >= 0.6 is 0 Å². The van der Waals surface area contributed by atoms with Gasteiger partial charge in [0.25, 0.3) is 0 Å². The van der Waals surface area contributed by atoms with Crippen LogP contribution in [0.15, 0.2) is 48.5 Å². The minimum Gasteiger partial charge on any atom is -0.457 e. The summed E-state index contributed by atoms with van der Waals surface area (Å²) in [7, 11) is 0. The number of rotatable bonds is 5. The van der Waals surface area contributed by atoms with Crippen LogP contribution in [0.5, 0.6) is 11.5 Å². The Hall–Kier alpha value is -1.80. The second kappa shape index (κ2) is 6.39. The largest absolute Gasteiger partial charge is 0.457 e. The molecule has 0 saturated carbocycles. The maximum absolute atomic E-state index is 6.04. The van der Waals surface area contributed by atoms with Crippen molar-refractivity contribution >= 4 is 0 Å². The van der Waals surface area contributed by atoms with E-state index in [0.29, 0.717) is 0 Å². The van der Waals surface area contributed by atoms with E-state index in [2.05, 4.69) is 26.0 Å². The number of hydrogen-bond acceptors (Lipinski definition) is 2. The molecular formula is C17H21NO. The fourth-order valence-electron chi connectivity index (χ4n) is 1.99. The molecule has 2 heteroatoms. The molecule has 0 spiro atoms. The van der Waals surface area contributed by atoms with Gasteiger partial charge in [-0.2, -0.15) is 0 Å². The lowest BCUT2D eigenvalue weighted by molar-refractivity contribution is 0.468. The Morgan fingerprint density at radius 2 is 1.63 bits per heavy atom. The first-order valence-corrected chi connectivity index (χ1v) is 6.77. The first-order valence-electron chi connectivity index (χ1n) is 6.77. The topological polar surface area (TPSA) is 35.2 Å². The Balaban J connectivity index is 2.23. The minimum absolute atomic E-state index is 0.182. The molecule has 0 aromatic heterocycles. The van der Waals surface area contributed by atoms with Gasteiger partial charge in [-0.1, -0.05) is 43.3 Å². The number of ether oxygens (including phenoxy) is 1. The van der Waals surface area contributed by atoms with Gasteiger partial charge in [0.2, 0.25) is 0 Å². The van der Waals surface area contributed by atoms with Gasteiger partial charge in [0, 0.05) is 6.04 Å². The van der Waals surface area contributed by atoms with E-state index in [0.717, 1.165) is 29.9 Å². The molecule has 1 atom stereocenters. The van der Waals surface area contributed by atoms with Gasteiger partial charge in [-0.25, -0.2) is 0 Å². The number of aryl methyl sites for hydroxylation is 1. The number of para-hydroxylation sites is 2. The number of nitrogens with two attached hydrogens (primary N) is 1. The van der Waals surface area contributed by atoms with E-state index in [1.807, 2.05) is 36.4 Å². The molecule has 1 unspecified atom stereocenters. The van der Waals surface area contributed by atoms with Crippen molar-refractivity contribution in [2.75, 3.05) is 0 Å². The highest BCUT2D eigenvalue weighted by Gasteiger charge is 2.09. The van der Waals surface area contributed by atoms with Crippen LogP contribution in [0.3, 0.4) is 0 Å². The van der Waals surface area contributed by atoms with Crippen LogP contribution in [0.4, 0.5) is 0 Å². The molecule has 0 heterocycles. The van der Waals surface area contributed by atoms with Gasteiger partial charge in [-0.3, -0.25) is 0 Å². The standard InChI is InChI=1S/C17H21NO/c1-3-15(18)12-14-9-5-7-11-17(14)19-16-10-6-4-8-13(16)2/h4-11,15H,3,12,18H2,1-2H3. The van der Waals surface area contributed by atoms with Crippen molar-refractivity contribution in [3.8, 4) is 11.5 Å². The first kappa shape index (κ1) is 13.6. The second-order valence-electron chi connectivity index (χ2n) is 4.85. The van der Waals surface area contributed by atoms with E-state index in [-0.39, 0.29) is 6.04 Å². The van der Waals surface area contributed by atoms with Crippen LogP contribution in [-0.4, -0.2) is 6.04 Å². The van der Waals surface area contributed by atoms with Crippen molar-refractivity contribution in [1.82, 2.24) is 0 Å². The lowest BCUT2D eigenvalue weighted by Gasteiger charge is -2.15. The molecule has 0 radical (unpaired) electrons. The predicted octanol–water partition coefficient (Wildman–Crippen LogP) is 4.07. The van der Waals surface area contributed by atoms with Crippen molar-refractivity contribution < 1.29 is 4.74 Å². The molecule has 2 N–H and O–H groups in total. The molecule has 100 valence electrons. The third-order valence-corrected chi connectivity index (χ3v) is 3.29. The lowest BCUT2D eigenvalue weighted by Crippen LogP contribution is -2.21. The summed E-state index contributed by atoms with van der Waals surface area (Å²) in [5.41, 5.74) is 8.34. The van der Waals surface area contributed by atoms with Crippen molar-refractivity contribution in [3.05, 3.63) is 59.7 Å². The Labute approximate surface area is 115 Å². The summed E-state index contributed by atoms with van der Waals surface area (Å²) in [5, 5.41) is 0. The Morgan fingerprint density at radius 1 is 1.00 bits per heavy atom. The van der Waals surface area contributed by atoms with Gasteiger partial charge in [0.15, 0.2) is 0 Å². The third kappa shape index (κ3) is 3.58. The Morgan fingerprint density at radius 3 is 2.32 bits per heavy atom. The van der Waals surface area contributed by atoms with Gasteiger partial charge in [0.05, 0.1) is 0 Å². The number of hydrogen-bond donors (Lipinski definition) is 1. The van der Waals surface area contributed by atoms with E-state index < -0.39 is 0 Å². The number of benzene rings is 2. The maximum Gasteiger partial charge on any atom is 0.130 e. The van der Waals surface area contributed by atoms with Crippen molar-refractivity contribution in [3.63, 3.8) is 0 Å². The van der Waals surface area contributed by atoms with Crippen LogP contribution < -0.4 is 10.5 Å². The average Bonchev–Trinajstić information content (AvgIpc) is 2.43. The van der Waals surface area contributed by atoms with Crippen LogP contribution in [-0.2, 0) is 6.42 Å². The zero-order valence-corrected chi connectivity index (χ0v) is 11.6. The van der Waals surface area contributed by atoms with Crippen molar-refractivity contribution in [2.24, 2.45) is 5.73 Å². The predicted molar refractivity (Wildman–Crippen MR) is 79.7 cm³/mol. The monoisotopic (exact) mass is 255 g/mol. The summed E-state index contributed by atoms with van der Waals surface area (Å²) in [6.07, 6.45) is 1.82. The molecule has 0 aliphatic heterocycles. The highest BCUT2D eigenvalue weighted by molar-refractivity contribution is 5.41.